The quantitative estimate of drug-likeness (QED) is 0.378. The second-order valence-corrected chi connectivity index (χ2v) is 14.6. The zero-order valence-electron chi connectivity index (χ0n) is 25.2. The first-order chi connectivity index (χ1) is 20.0. The lowest BCUT2D eigenvalue weighted by Gasteiger charge is -2.40. The fourth-order valence-corrected chi connectivity index (χ4v) is 10.0. The van der Waals surface area contributed by atoms with Gasteiger partial charge in [0, 0.05) is 30.6 Å². The molecule has 3 heterocycles. The number of nitrogens with zero attached hydrogens (tertiary/aromatic N) is 3. The van der Waals surface area contributed by atoms with Crippen LogP contribution >= 0.6 is 11.8 Å². The van der Waals surface area contributed by atoms with E-state index in [1.165, 1.54) is 0 Å². The van der Waals surface area contributed by atoms with Crippen molar-refractivity contribution in [3.05, 3.63) is 67.8 Å². The van der Waals surface area contributed by atoms with Crippen molar-refractivity contribution in [3.8, 4) is 0 Å². The van der Waals surface area contributed by atoms with Gasteiger partial charge in [-0.2, -0.15) is 0 Å². The van der Waals surface area contributed by atoms with Gasteiger partial charge in [-0.15, -0.1) is 24.9 Å². The Hall–Kier alpha value is -3.10. The number of likely N-dealkylation sites (N-methyl/N-ethyl adjacent to an activating group) is 1. The summed E-state index contributed by atoms with van der Waals surface area (Å²) in [5, 5.41) is 12.7. The summed E-state index contributed by atoms with van der Waals surface area (Å²) in [5.74, 6) is -1.45. The summed E-state index contributed by atoms with van der Waals surface area (Å²) in [6.07, 6.45) is 5.35. The molecule has 0 saturated carbocycles. The molecule has 2 unspecified atom stereocenters. The number of hydrogen-bond acceptors (Lipinski definition) is 5. The third-order valence-electron chi connectivity index (χ3n) is 9.46. The maximum Gasteiger partial charge on any atom is 0.251 e. The van der Waals surface area contributed by atoms with E-state index in [1.807, 2.05) is 42.5 Å². The van der Waals surface area contributed by atoms with Gasteiger partial charge in [-0.25, -0.2) is 0 Å². The number of likely N-dealkylation sites (tertiary alicyclic amines) is 1. The second kappa shape index (κ2) is 11.5. The van der Waals surface area contributed by atoms with Crippen molar-refractivity contribution in [1.82, 2.24) is 9.80 Å². The van der Waals surface area contributed by atoms with Gasteiger partial charge in [-0.05, 0) is 55.0 Å². The van der Waals surface area contributed by atoms with E-state index in [-0.39, 0.29) is 36.8 Å². The highest BCUT2D eigenvalue weighted by atomic mass is 32.2. The molecular formula is C34H43N3O4S. The van der Waals surface area contributed by atoms with E-state index < -0.39 is 33.4 Å². The van der Waals surface area contributed by atoms with Crippen molar-refractivity contribution in [3.63, 3.8) is 0 Å². The lowest BCUT2D eigenvalue weighted by Crippen LogP contribution is -2.58. The summed E-state index contributed by atoms with van der Waals surface area (Å²) >= 11 is 1.66. The second-order valence-electron chi connectivity index (χ2n) is 12.7. The van der Waals surface area contributed by atoms with Crippen LogP contribution in [0.5, 0.6) is 0 Å². The van der Waals surface area contributed by atoms with Crippen molar-refractivity contribution < 1.29 is 19.5 Å². The van der Waals surface area contributed by atoms with Gasteiger partial charge in [-0.1, -0.05) is 56.3 Å². The monoisotopic (exact) mass is 589 g/mol. The highest BCUT2D eigenvalue weighted by Crippen LogP contribution is 2.72. The maximum atomic E-state index is 15.0. The molecule has 3 aliphatic heterocycles. The Morgan fingerprint density at radius 2 is 1.79 bits per heavy atom. The van der Waals surface area contributed by atoms with Crippen LogP contribution in [0.25, 0.3) is 10.8 Å². The number of aliphatic hydroxyl groups excluding tert-OH is 1. The van der Waals surface area contributed by atoms with Gasteiger partial charge in [0.15, 0.2) is 0 Å². The molecule has 3 fully saturated rings. The zero-order valence-corrected chi connectivity index (χ0v) is 26.0. The summed E-state index contributed by atoms with van der Waals surface area (Å²) in [5.41, 5.74) is 0.734. The minimum absolute atomic E-state index is 0.0836. The van der Waals surface area contributed by atoms with Gasteiger partial charge in [0.25, 0.3) is 5.91 Å². The summed E-state index contributed by atoms with van der Waals surface area (Å²) in [4.78, 5) is 48.5. The Bertz CT molecular complexity index is 1410. The molecule has 0 radical (unpaired) electrons. The van der Waals surface area contributed by atoms with Gasteiger partial charge < -0.3 is 19.8 Å². The van der Waals surface area contributed by atoms with Crippen molar-refractivity contribution in [2.75, 3.05) is 31.6 Å². The van der Waals surface area contributed by atoms with E-state index >= 15 is 0 Å². The minimum atomic E-state index is -0.813. The molecule has 1 N–H and O–H groups in total. The van der Waals surface area contributed by atoms with Crippen LogP contribution in [0.4, 0.5) is 5.69 Å². The molecule has 7 nitrogen and oxygen atoms in total. The first-order valence-electron chi connectivity index (χ1n) is 14.9. The van der Waals surface area contributed by atoms with Gasteiger partial charge in [0.1, 0.15) is 6.04 Å². The average Bonchev–Trinajstić information content (AvgIpc) is 3.54. The molecular weight excluding hydrogens is 546 g/mol. The number of rotatable bonds is 11. The predicted molar refractivity (Wildman–Crippen MR) is 170 cm³/mol. The maximum absolute atomic E-state index is 15.0. The van der Waals surface area contributed by atoms with Gasteiger partial charge >= 0.3 is 0 Å². The Balaban J connectivity index is 1.64. The van der Waals surface area contributed by atoms with Crippen LogP contribution in [0.3, 0.4) is 0 Å². The van der Waals surface area contributed by atoms with E-state index in [4.69, 9.17) is 0 Å². The topological polar surface area (TPSA) is 81.2 Å². The van der Waals surface area contributed by atoms with Gasteiger partial charge in [-0.3, -0.25) is 14.4 Å². The molecule has 5 rings (SSSR count). The number of carbonyl (C=O) groups is 3. The molecule has 2 aromatic carbocycles. The molecule has 2 bridgehead atoms. The van der Waals surface area contributed by atoms with E-state index in [0.29, 0.717) is 19.4 Å². The summed E-state index contributed by atoms with van der Waals surface area (Å²) in [6, 6.07) is 12.6. The lowest BCUT2D eigenvalue weighted by molar-refractivity contribution is -0.146. The van der Waals surface area contributed by atoms with Crippen LogP contribution in [0.2, 0.25) is 0 Å². The zero-order chi connectivity index (χ0) is 30.4. The molecule has 0 aliphatic carbocycles. The van der Waals surface area contributed by atoms with Gasteiger partial charge in [0.05, 0.1) is 29.2 Å². The smallest absolute Gasteiger partial charge is 0.251 e. The number of amides is 3. The third-order valence-corrected chi connectivity index (χ3v) is 11.4. The lowest BCUT2D eigenvalue weighted by atomic mass is 9.66. The average molecular weight is 590 g/mol. The standard InChI is InChI=1S/C34H43N3O4S/c1-7-17-35(6)30(39)27-28-31(40)37(26(21-38)19-22(3)4)29(34(28)16-15-33(27,5)42-34)32(41)36(18-8-2)25-14-13-23-11-9-10-12-24(23)20-25/h7-14,20,22,26-29,38H,1-2,15-19,21H2,3-6H3/t26-,27+,28+,29?,33-,34?/m1/s1. The number of hydrogen-bond donors (Lipinski definition) is 1. The van der Waals surface area contributed by atoms with E-state index in [9.17, 15) is 19.5 Å². The minimum Gasteiger partial charge on any atom is -0.394 e. The largest absolute Gasteiger partial charge is 0.394 e. The molecule has 224 valence electrons. The van der Waals surface area contributed by atoms with Crippen LogP contribution in [0, 0.1) is 17.8 Å². The molecule has 1 spiro atoms. The van der Waals surface area contributed by atoms with Crippen LogP contribution in [0.15, 0.2) is 67.8 Å². The van der Waals surface area contributed by atoms with Crippen molar-refractivity contribution in [2.45, 2.75) is 61.6 Å². The summed E-state index contributed by atoms with van der Waals surface area (Å²) < 4.78 is -1.23. The fraction of sp³-hybridized carbons (Fsp3) is 0.500. The van der Waals surface area contributed by atoms with Crippen LogP contribution in [-0.2, 0) is 14.4 Å². The van der Waals surface area contributed by atoms with E-state index in [0.717, 1.165) is 22.9 Å². The molecule has 3 aliphatic rings. The SMILES string of the molecule is C=CCN(C)C(=O)[C@@H]1[C@H]2C(=O)N([C@@H](CO)CC(C)C)C(C(=O)N(CC=C)c3ccc4ccccc4c3)C23CC[C@@]1(C)S3. The summed E-state index contributed by atoms with van der Waals surface area (Å²) in [7, 11) is 1.75. The number of aliphatic hydroxyl groups is 1. The molecule has 3 saturated heterocycles. The number of fused-ring (bicyclic) bond motifs is 2. The van der Waals surface area contributed by atoms with E-state index in [1.54, 1.807) is 45.7 Å². The number of carbonyl (C=O) groups excluding carboxylic acids is 3. The first-order valence-corrected chi connectivity index (χ1v) is 15.7. The Kier molecular flexibility index (Phi) is 8.33. The molecule has 8 heteroatoms. The molecule has 6 atom stereocenters. The Morgan fingerprint density at radius 1 is 1.10 bits per heavy atom. The Morgan fingerprint density at radius 3 is 2.43 bits per heavy atom. The van der Waals surface area contributed by atoms with Crippen molar-refractivity contribution in [2.24, 2.45) is 17.8 Å². The molecule has 0 aromatic heterocycles. The van der Waals surface area contributed by atoms with Crippen molar-refractivity contribution >= 4 is 45.9 Å². The summed E-state index contributed by atoms with van der Waals surface area (Å²) in [6.45, 7) is 14.3. The number of benzene rings is 2. The van der Waals surface area contributed by atoms with Crippen LogP contribution in [-0.4, -0.2) is 80.9 Å². The highest BCUT2D eigenvalue weighted by molar-refractivity contribution is 8.02. The normalized spacial score (nSPS) is 28.7. The van der Waals surface area contributed by atoms with E-state index in [2.05, 4.69) is 33.9 Å². The van der Waals surface area contributed by atoms with Crippen molar-refractivity contribution in [1.29, 1.82) is 0 Å². The number of anilines is 1. The molecule has 3 amide bonds. The first kappa shape index (κ1) is 30.4. The highest BCUT2D eigenvalue weighted by Gasteiger charge is 2.78. The predicted octanol–water partition coefficient (Wildman–Crippen LogP) is 4.89. The van der Waals surface area contributed by atoms with Crippen LogP contribution < -0.4 is 4.90 Å². The van der Waals surface area contributed by atoms with Gasteiger partial charge in [0.2, 0.25) is 11.8 Å². The molecule has 42 heavy (non-hydrogen) atoms. The fourth-order valence-electron chi connectivity index (χ4n) is 7.70. The molecule has 2 aromatic rings. The Labute approximate surface area is 253 Å². The number of thioether (sulfide) groups is 1. The third kappa shape index (κ3) is 4.77. The van der Waals surface area contributed by atoms with Crippen LogP contribution in [0.1, 0.15) is 40.0 Å².